The van der Waals surface area contributed by atoms with Crippen molar-refractivity contribution < 1.29 is 29.0 Å². The number of hydrogen-bond acceptors (Lipinski definition) is 5. The van der Waals surface area contributed by atoms with Gasteiger partial charge in [-0.2, -0.15) is 0 Å². The van der Waals surface area contributed by atoms with Crippen molar-refractivity contribution in [3.05, 3.63) is 35.9 Å². The number of benzene rings is 1. The Kier molecular flexibility index (Phi) is 5.79. The molecule has 0 spiro atoms. The maximum absolute atomic E-state index is 12.5. The van der Waals surface area contributed by atoms with Crippen LogP contribution in [0.3, 0.4) is 0 Å². The third-order valence-electron chi connectivity index (χ3n) is 3.65. The summed E-state index contributed by atoms with van der Waals surface area (Å²) in [6.07, 6.45) is -1.34. The topological polar surface area (TPSA) is 102 Å². The van der Waals surface area contributed by atoms with Crippen LogP contribution in [0.15, 0.2) is 30.3 Å². The first-order valence-corrected chi connectivity index (χ1v) is 8.14. The predicted molar refractivity (Wildman–Crippen MR) is 88.7 cm³/mol. The van der Waals surface area contributed by atoms with Gasteiger partial charge in [-0.3, -0.25) is 4.79 Å². The standard InChI is InChI=1S/C18H23NO6/c1-18(2,3)25-17(23)14(11-7-5-4-6-8-11)19-15(20)12-9-10-13(24-12)16(21)22/h4-8,12-14H,9-10H2,1-3H3,(H,19,20)(H,21,22)/t12-,13+,14-/m0/s1. The van der Waals surface area contributed by atoms with Gasteiger partial charge in [-0.25, -0.2) is 9.59 Å². The van der Waals surface area contributed by atoms with Gasteiger partial charge in [-0.1, -0.05) is 30.3 Å². The van der Waals surface area contributed by atoms with E-state index in [9.17, 15) is 14.4 Å². The molecule has 3 atom stereocenters. The van der Waals surface area contributed by atoms with Crippen molar-refractivity contribution in [1.29, 1.82) is 0 Å². The van der Waals surface area contributed by atoms with Gasteiger partial charge in [0.2, 0.25) is 5.91 Å². The van der Waals surface area contributed by atoms with E-state index in [-0.39, 0.29) is 6.42 Å². The van der Waals surface area contributed by atoms with Gasteiger partial charge in [-0.15, -0.1) is 0 Å². The monoisotopic (exact) mass is 349 g/mol. The van der Waals surface area contributed by atoms with E-state index < -0.39 is 41.7 Å². The molecule has 1 amide bonds. The number of carboxylic acid groups (broad SMARTS) is 1. The lowest BCUT2D eigenvalue weighted by molar-refractivity contribution is -0.160. The van der Waals surface area contributed by atoms with Gasteiger partial charge in [-0.05, 0) is 39.2 Å². The van der Waals surface area contributed by atoms with Crippen LogP contribution in [-0.2, 0) is 23.9 Å². The molecule has 1 heterocycles. The van der Waals surface area contributed by atoms with E-state index in [1.807, 2.05) is 0 Å². The molecule has 1 aliphatic heterocycles. The molecule has 0 radical (unpaired) electrons. The maximum atomic E-state index is 12.5. The van der Waals surface area contributed by atoms with Crippen molar-refractivity contribution in [2.75, 3.05) is 0 Å². The van der Waals surface area contributed by atoms with Gasteiger partial charge >= 0.3 is 11.9 Å². The molecule has 0 aromatic heterocycles. The third kappa shape index (κ3) is 5.29. The first kappa shape index (κ1) is 18.9. The highest BCUT2D eigenvalue weighted by Gasteiger charge is 2.37. The number of esters is 1. The Morgan fingerprint density at radius 3 is 2.28 bits per heavy atom. The molecule has 2 N–H and O–H groups in total. The summed E-state index contributed by atoms with van der Waals surface area (Å²) in [5, 5.41) is 11.6. The average molecular weight is 349 g/mol. The van der Waals surface area contributed by atoms with E-state index in [0.29, 0.717) is 12.0 Å². The largest absolute Gasteiger partial charge is 0.479 e. The maximum Gasteiger partial charge on any atom is 0.333 e. The lowest BCUT2D eigenvalue weighted by atomic mass is 10.1. The van der Waals surface area contributed by atoms with Gasteiger partial charge in [0.25, 0.3) is 0 Å². The molecule has 2 rings (SSSR count). The smallest absolute Gasteiger partial charge is 0.333 e. The second kappa shape index (κ2) is 7.65. The van der Waals surface area contributed by atoms with Crippen LogP contribution in [0, 0.1) is 0 Å². The van der Waals surface area contributed by atoms with Crippen LogP contribution in [-0.4, -0.2) is 40.8 Å². The minimum absolute atomic E-state index is 0.260. The van der Waals surface area contributed by atoms with E-state index in [2.05, 4.69) is 5.32 Å². The van der Waals surface area contributed by atoms with Crippen LogP contribution < -0.4 is 5.32 Å². The lowest BCUT2D eigenvalue weighted by Crippen LogP contribution is -2.42. The summed E-state index contributed by atoms with van der Waals surface area (Å²) in [7, 11) is 0. The molecule has 0 unspecified atom stereocenters. The van der Waals surface area contributed by atoms with Gasteiger partial charge in [0.1, 0.15) is 11.7 Å². The average Bonchev–Trinajstić information content (AvgIpc) is 3.01. The van der Waals surface area contributed by atoms with Crippen LogP contribution in [0.4, 0.5) is 0 Å². The molecule has 1 fully saturated rings. The number of carboxylic acids is 1. The number of aliphatic carboxylic acids is 1. The van der Waals surface area contributed by atoms with Gasteiger partial charge in [0.05, 0.1) is 0 Å². The predicted octanol–water partition coefficient (Wildman–Crippen LogP) is 1.82. The molecule has 0 aliphatic carbocycles. The molecule has 25 heavy (non-hydrogen) atoms. The highest BCUT2D eigenvalue weighted by atomic mass is 16.6. The second-order valence-corrected chi connectivity index (χ2v) is 6.91. The van der Waals surface area contributed by atoms with E-state index >= 15 is 0 Å². The third-order valence-corrected chi connectivity index (χ3v) is 3.65. The van der Waals surface area contributed by atoms with Crippen LogP contribution >= 0.6 is 0 Å². The second-order valence-electron chi connectivity index (χ2n) is 6.91. The Morgan fingerprint density at radius 1 is 1.16 bits per heavy atom. The number of ether oxygens (including phenoxy) is 2. The quantitative estimate of drug-likeness (QED) is 0.786. The van der Waals surface area contributed by atoms with Crippen LogP contribution in [0.2, 0.25) is 0 Å². The first-order chi connectivity index (χ1) is 11.7. The summed E-state index contributed by atoms with van der Waals surface area (Å²) >= 11 is 0. The fourth-order valence-electron chi connectivity index (χ4n) is 2.53. The van der Waals surface area contributed by atoms with Crippen LogP contribution in [0.25, 0.3) is 0 Å². The molecule has 7 heteroatoms. The summed E-state index contributed by atoms with van der Waals surface area (Å²) in [5.74, 6) is -2.20. The van der Waals surface area contributed by atoms with Gasteiger partial charge < -0.3 is 19.9 Å². The van der Waals surface area contributed by atoms with Crippen molar-refractivity contribution in [3.63, 3.8) is 0 Å². The zero-order valence-electron chi connectivity index (χ0n) is 14.5. The molecule has 136 valence electrons. The normalized spacial score (nSPS) is 21.4. The van der Waals surface area contributed by atoms with Crippen molar-refractivity contribution >= 4 is 17.8 Å². The number of rotatable bonds is 5. The minimum atomic E-state index is -1.10. The fraction of sp³-hybridized carbons (Fsp3) is 0.500. The summed E-state index contributed by atoms with van der Waals surface area (Å²) in [6.45, 7) is 5.23. The van der Waals surface area contributed by atoms with E-state index in [1.165, 1.54) is 0 Å². The summed E-state index contributed by atoms with van der Waals surface area (Å²) in [4.78, 5) is 35.9. The van der Waals surface area contributed by atoms with Crippen molar-refractivity contribution in [3.8, 4) is 0 Å². The van der Waals surface area contributed by atoms with E-state index in [1.54, 1.807) is 51.1 Å². The number of nitrogens with one attached hydrogen (secondary N) is 1. The Morgan fingerprint density at radius 2 is 1.76 bits per heavy atom. The number of carbonyl (C=O) groups is 3. The van der Waals surface area contributed by atoms with Gasteiger partial charge in [0.15, 0.2) is 12.1 Å². The number of amides is 1. The Bertz CT molecular complexity index is 637. The Balaban J connectivity index is 2.12. The minimum Gasteiger partial charge on any atom is -0.479 e. The molecule has 1 aliphatic rings. The lowest BCUT2D eigenvalue weighted by Gasteiger charge is -2.25. The molecular formula is C18H23NO6. The van der Waals surface area contributed by atoms with Crippen LogP contribution in [0.1, 0.15) is 45.2 Å². The van der Waals surface area contributed by atoms with E-state index in [4.69, 9.17) is 14.6 Å². The Labute approximate surface area is 146 Å². The molecule has 1 aromatic carbocycles. The molecular weight excluding hydrogens is 326 g/mol. The zero-order valence-corrected chi connectivity index (χ0v) is 14.5. The summed E-state index contributed by atoms with van der Waals surface area (Å²) < 4.78 is 10.6. The Hall–Kier alpha value is -2.41. The summed E-state index contributed by atoms with van der Waals surface area (Å²) in [6, 6.07) is 7.75. The van der Waals surface area contributed by atoms with Crippen molar-refractivity contribution in [2.45, 2.75) is 57.5 Å². The molecule has 0 saturated carbocycles. The molecule has 1 aromatic rings. The number of hydrogen-bond donors (Lipinski definition) is 2. The van der Waals surface area contributed by atoms with Crippen molar-refractivity contribution in [2.24, 2.45) is 0 Å². The first-order valence-electron chi connectivity index (χ1n) is 8.14. The highest BCUT2D eigenvalue weighted by Crippen LogP contribution is 2.23. The van der Waals surface area contributed by atoms with Crippen molar-refractivity contribution in [1.82, 2.24) is 5.32 Å². The highest BCUT2D eigenvalue weighted by molar-refractivity contribution is 5.88. The number of carbonyl (C=O) groups excluding carboxylic acids is 2. The van der Waals surface area contributed by atoms with Crippen LogP contribution in [0.5, 0.6) is 0 Å². The molecule has 7 nitrogen and oxygen atoms in total. The molecule has 0 bridgehead atoms. The fourth-order valence-corrected chi connectivity index (χ4v) is 2.53. The molecule has 1 saturated heterocycles. The van der Waals surface area contributed by atoms with Gasteiger partial charge in [0, 0.05) is 0 Å². The SMILES string of the molecule is CC(C)(C)OC(=O)[C@@H](NC(=O)[C@@H]1CC[C@H](C(=O)O)O1)c1ccccc1. The van der Waals surface area contributed by atoms with E-state index in [0.717, 1.165) is 0 Å². The zero-order chi connectivity index (χ0) is 18.6. The summed E-state index contributed by atoms with van der Waals surface area (Å²) in [5.41, 5.74) is -0.120.